The van der Waals surface area contributed by atoms with Crippen LogP contribution >= 0.6 is 0 Å². The molecule has 0 aliphatic carbocycles. The molecule has 2 aromatic heterocycles. The molecule has 0 spiro atoms. The van der Waals surface area contributed by atoms with E-state index in [4.69, 9.17) is 4.42 Å². The van der Waals surface area contributed by atoms with Gasteiger partial charge in [-0.25, -0.2) is 0 Å². The van der Waals surface area contributed by atoms with Gasteiger partial charge in [-0.1, -0.05) is 37.3 Å². The predicted molar refractivity (Wildman–Crippen MR) is 101 cm³/mol. The summed E-state index contributed by atoms with van der Waals surface area (Å²) in [4.78, 5) is 12.8. The number of carbonyl (C=O) groups is 1. The Morgan fingerprint density at radius 2 is 1.96 bits per heavy atom. The molecule has 2 atom stereocenters. The molecule has 0 saturated carbocycles. The van der Waals surface area contributed by atoms with E-state index >= 15 is 0 Å². The molecule has 2 unspecified atom stereocenters. The van der Waals surface area contributed by atoms with Crippen molar-refractivity contribution in [1.82, 2.24) is 15.1 Å². The molecule has 0 bridgehead atoms. The Bertz CT molecular complexity index is 838. The van der Waals surface area contributed by atoms with Crippen molar-refractivity contribution in [3.63, 3.8) is 0 Å². The van der Waals surface area contributed by atoms with Crippen LogP contribution in [0.1, 0.15) is 48.0 Å². The van der Waals surface area contributed by atoms with Gasteiger partial charge in [0, 0.05) is 12.2 Å². The van der Waals surface area contributed by atoms with E-state index in [2.05, 4.69) is 10.4 Å². The number of hydrogen-bond acceptors (Lipinski definition) is 3. The number of benzene rings is 1. The molecule has 5 nitrogen and oxygen atoms in total. The Hall–Kier alpha value is -2.82. The van der Waals surface area contributed by atoms with Gasteiger partial charge >= 0.3 is 0 Å². The van der Waals surface area contributed by atoms with Crippen molar-refractivity contribution in [2.75, 3.05) is 6.54 Å². The lowest BCUT2D eigenvalue weighted by Crippen LogP contribution is -2.35. The summed E-state index contributed by atoms with van der Waals surface area (Å²) in [5, 5.41) is 7.67. The van der Waals surface area contributed by atoms with Gasteiger partial charge < -0.3 is 9.73 Å². The zero-order valence-corrected chi connectivity index (χ0v) is 15.5. The van der Waals surface area contributed by atoms with Gasteiger partial charge in [0.15, 0.2) is 0 Å². The fourth-order valence-corrected chi connectivity index (χ4v) is 3.33. The van der Waals surface area contributed by atoms with Crippen molar-refractivity contribution < 1.29 is 9.21 Å². The van der Waals surface area contributed by atoms with E-state index in [1.807, 2.05) is 74.0 Å². The SMILES string of the molecule is CCC(C(=O)NCC(c1ccco1)n1nc(C)cc1C)c1ccccc1. The summed E-state index contributed by atoms with van der Waals surface area (Å²) in [7, 11) is 0. The van der Waals surface area contributed by atoms with Crippen molar-refractivity contribution in [2.45, 2.75) is 39.2 Å². The highest BCUT2D eigenvalue weighted by atomic mass is 16.3. The first-order valence-electron chi connectivity index (χ1n) is 8.99. The summed E-state index contributed by atoms with van der Waals surface area (Å²) in [6.45, 7) is 6.43. The highest BCUT2D eigenvalue weighted by Crippen LogP contribution is 2.22. The number of furan rings is 1. The molecule has 0 aliphatic rings. The number of carbonyl (C=O) groups excluding carboxylic acids is 1. The van der Waals surface area contributed by atoms with Gasteiger partial charge in [-0.15, -0.1) is 0 Å². The van der Waals surface area contributed by atoms with Crippen molar-refractivity contribution in [1.29, 1.82) is 0 Å². The van der Waals surface area contributed by atoms with Crippen LogP contribution in [0, 0.1) is 13.8 Å². The fourth-order valence-electron chi connectivity index (χ4n) is 3.33. The highest BCUT2D eigenvalue weighted by Gasteiger charge is 2.23. The number of hydrogen-bond donors (Lipinski definition) is 1. The minimum Gasteiger partial charge on any atom is -0.467 e. The van der Waals surface area contributed by atoms with E-state index in [0.29, 0.717) is 6.54 Å². The quantitative estimate of drug-likeness (QED) is 0.700. The van der Waals surface area contributed by atoms with E-state index in [1.165, 1.54) is 0 Å². The fraction of sp³-hybridized carbons (Fsp3) is 0.333. The lowest BCUT2D eigenvalue weighted by atomic mass is 9.95. The third-order valence-electron chi connectivity index (χ3n) is 4.61. The van der Waals surface area contributed by atoms with Crippen LogP contribution in [0.2, 0.25) is 0 Å². The number of rotatable bonds is 7. The van der Waals surface area contributed by atoms with Crippen LogP contribution in [0.15, 0.2) is 59.2 Å². The number of aromatic nitrogens is 2. The Balaban J connectivity index is 1.78. The maximum Gasteiger partial charge on any atom is 0.227 e. The molecule has 0 aliphatic heterocycles. The summed E-state index contributed by atoms with van der Waals surface area (Å²) < 4.78 is 7.52. The van der Waals surface area contributed by atoms with Gasteiger partial charge in [0.05, 0.1) is 17.9 Å². The standard InChI is InChI=1S/C21H25N3O2/c1-4-18(17-9-6-5-7-10-17)21(25)22-14-19(20-11-8-12-26-20)24-16(3)13-15(2)23-24/h5-13,18-19H,4,14H2,1-3H3,(H,22,25). The first-order chi connectivity index (χ1) is 12.6. The number of nitrogens with zero attached hydrogens (tertiary/aromatic N) is 2. The van der Waals surface area contributed by atoms with Crippen LogP contribution in [-0.4, -0.2) is 22.2 Å². The van der Waals surface area contributed by atoms with Gasteiger partial charge in [-0.05, 0) is 44.0 Å². The second-order valence-electron chi connectivity index (χ2n) is 6.52. The molecule has 136 valence electrons. The molecular formula is C21H25N3O2. The van der Waals surface area contributed by atoms with Crippen molar-refractivity contribution in [2.24, 2.45) is 0 Å². The monoisotopic (exact) mass is 351 g/mol. The Kier molecular flexibility index (Phi) is 5.56. The van der Waals surface area contributed by atoms with Gasteiger partial charge in [0.25, 0.3) is 0 Å². The minimum atomic E-state index is -0.170. The van der Waals surface area contributed by atoms with Crippen LogP contribution in [-0.2, 0) is 4.79 Å². The summed E-state index contributed by atoms with van der Waals surface area (Å²) >= 11 is 0. The number of nitrogens with one attached hydrogen (secondary N) is 1. The van der Waals surface area contributed by atoms with Gasteiger partial charge in [-0.2, -0.15) is 5.10 Å². The van der Waals surface area contributed by atoms with Crippen LogP contribution in [0.4, 0.5) is 0 Å². The van der Waals surface area contributed by atoms with Crippen molar-refractivity contribution in [3.05, 3.63) is 77.5 Å². The molecule has 2 heterocycles. The van der Waals surface area contributed by atoms with Crippen LogP contribution in [0.25, 0.3) is 0 Å². The van der Waals surface area contributed by atoms with E-state index in [-0.39, 0.29) is 17.9 Å². The lowest BCUT2D eigenvalue weighted by molar-refractivity contribution is -0.122. The Morgan fingerprint density at radius 3 is 2.54 bits per heavy atom. The minimum absolute atomic E-state index is 0.0248. The second kappa shape index (κ2) is 8.04. The van der Waals surface area contributed by atoms with Gasteiger partial charge in [0.1, 0.15) is 11.8 Å². The first-order valence-corrected chi connectivity index (χ1v) is 8.99. The summed E-state index contributed by atoms with van der Waals surface area (Å²) in [5.41, 5.74) is 3.02. The molecule has 0 saturated heterocycles. The van der Waals surface area contributed by atoms with Gasteiger partial charge in [0.2, 0.25) is 5.91 Å². The number of aryl methyl sites for hydroxylation is 2. The third kappa shape index (κ3) is 3.87. The summed E-state index contributed by atoms with van der Waals surface area (Å²) in [6, 6.07) is 15.5. The second-order valence-corrected chi connectivity index (χ2v) is 6.52. The maximum absolute atomic E-state index is 12.8. The molecule has 0 fully saturated rings. The predicted octanol–water partition coefficient (Wildman–Crippen LogP) is 3.99. The average molecular weight is 351 g/mol. The van der Waals surface area contributed by atoms with E-state index < -0.39 is 0 Å². The molecule has 1 amide bonds. The smallest absolute Gasteiger partial charge is 0.227 e. The highest BCUT2D eigenvalue weighted by molar-refractivity contribution is 5.83. The normalized spacial score (nSPS) is 13.3. The van der Waals surface area contributed by atoms with E-state index in [0.717, 1.165) is 29.1 Å². The molecule has 5 heteroatoms. The molecule has 1 aromatic carbocycles. The zero-order valence-electron chi connectivity index (χ0n) is 15.5. The van der Waals surface area contributed by atoms with E-state index in [9.17, 15) is 4.79 Å². The average Bonchev–Trinajstić information content (AvgIpc) is 3.27. The van der Waals surface area contributed by atoms with Crippen molar-refractivity contribution in [3.8, 4) is 0 Å². The maximum atomic E-state index is 12.8. The van der Waals surface area contributed by atoms with Crippen LogP contribution < -0.4 is 5.32 Å². The van der Waals surface area contributed by atoms with E-state index in [1.54, 1.807) is 6.26 Å². The molecular weight excluding hydrogens is 326 g/mol. The Labute approximate surface area is 154 Å². The van der Waals surface area contributed by atoms with Crippen molar-refractivity contribution >= 4 is 5.91 Å². The zero-order chi connectivity index (χ0) is 18.5. The molecule has 0 radical (unpaired) electrons. The summed E-state index contributed by atoms with van der Waals surface area (Å²) in [6.07, 6.45) is 2.40. The van der Waals surface area contributed by atoms with Crippen LogP contribution in [0.3, 0.4) is 0 Å². The molecule has 3 aromatic rings. The van der Waals surface area contributed by atoms with Crippen LogP contribution in [0.5, 0.6) is 0 Å². The first kappa shape index (κ1) is 18.0. The summed E-state index contributed by atoms with van der Waals surface area (Å²) in [5.74, 6) is 0.648. The molecule has 26 heavy (non-hydrogen) atoms. The molecule has 1 N–H and O–H groups in total. The number of amides is 1. The topological polar surface area (TPSA) is 60.1 Å². The molecule has 3 rings (SSSR count). The largest absolute Gasteiger partial charge is 0.467 e. The Morgan fingerprint density at radius 1 is 1.19 bits per heavy atom. The van der Waals surface area contributed by atoms with Gasteiger partial charge in [-0.3, -0.25) is 9.48 Å². The lowest BCUT2D eigenvalue weighted by Gasteiger charge is -2.20. The third-order valence-corrected chi connectivity index (χ3v) is 4.61.